The fourth-order valence-electron chi connectivity index (χ4n) is 1.85. The van der Waals surface area contributed by atoms with Crippen molar-refractivity contribution in [2.24, 2.45) is 0 Å². The number of nitriles is 1. The number of hydrogen-bond donors (Lipinski definition) is 2. The molecule has 0 saturated carbocycles. The van der Waals surface area contributed by atoms with E-state index in [0.717, 1.165) is 5.56 Å². The van der Waals surface area contributed by atoms with Crippen LogP contribution in [0.3, 0.4) is 0 Å². The summed E-state index contributed by atoms with van der Waals surface area (Å²) in [5, 5.41) is 16.7. The Bertz CT molecular complexity index is 774. The lowest BCUT2D eigenvalue weighted by molar-refractivity contribution is 0.873. The Labute approximate surface area is 154 Å². The largest absolute Gasteiger partial charge is 0.362 e. The molecule has 4 nitrogen and oxygen atoms in total. The normalized spacial score (nSPS) is 10.0. The summed E-state index contributed by atoms with van der Waals surface area (Å²) in [7, 11) is 0. The molecular formula is C15H11Cl3N4S. The maximum atomic E-state index is 9.01. The number of pyridine rings is 1. The van der Waals surface area contributed by atoms with E-state index < -0.39 is 0 Å². The molecule has 1 aromatic carbocycles. The van der Waals surface area contributed by atoms with Gasteiger partial charge < -0.3 is 10.6 Å². The zero-order valence-electron chi connectivity index (χ0n) is 11.7. The molecule has 2 N–H and O–H groups in total. The topological polar surface area (TPSA) is 60.7 Å². The number of thiocarbonyl (C=S) groups is 1. The first-order valence-electron chi connectivity index (χ1n) is 6.54. The van der Waals surface area contributed by atoms with E-state index >= 15 is 0 Å². The number of nitrogens with zero attached hydrogens (tertiary/aromatic N) is 2. The number of aromatic nitrogens is 1. The van der Waals surface area contributed by atoms with Gasteiger partial charge in [0.05, 0.1) is 15.6 Å². The maximum absolute atomic E-state index is 9.01. The lowest BCUT2D eigenvalue weighted by atomic mass is 10.1. The maximum Gasteiger partial charge on any atom is 0.171 e. The zero-order valence-corrected chi connectivity index (χ0v) is 14.8. The predicted octanol–water partition coefficient (Wildman–Crippen LogP) is 4.44. The van der Waals surface area contributed by atoms with Gasteiger partial charge in [-0.05, 0) is 48.5 Å². The van der Waals surface area contributed by atoms with Crippen LogP contribution in [0.5, 0.6) is 0 Å². The fraction of sp³-hybridized carbons (Fsp3) is 0.133. The average molecular weight is 386 g/mol. The molecule has 0 fully saturated rings. The van der Waals surface area contributed by atoms with Gasteiger partial charge in [-0.25, -0.2) is 4.98 Å². The Kier molecular flexibility index (Phi) is 6.43. The highest BCUT2D eigenvalue weighted by molar-refractivity contribution is 7.80. The second kappa shape index (κ2) is 8.32. The lowest BCUT2D eigenvalue weighted by Gasteiger charge is -2.12. The molecule has 0 saturated heterocycles. The second-order valence-corrected chi connectivity index (χ2v) is 6.13. The summed E-state index contributed by atoms with van der Waals surface area (Å²) in [6, 6.07) is 8.75. The van der Waals surface area contributed by atoms with Crippen LogP contribution in [-0.2, 0) is 6.42 Å². The Morgan fingerprint density at radius 2 is 2.09 bits per heavy atom. The number of rotatable bonds is 4. The van der Waals surface area contributed by atoms with E-state index in [-0.39, 0.29) is 0 Å². The van der Waals surface area contributed by atoms with Crippen molar-refractivity contribution in [3.63, 3.8) is 0 Å². The van der Waals surface area contributed by atoms with Crippen LogP contribution in [0.4, 0.5) is 5.82 Å². The first kappa shape index (κ1) is 17.8. The monoisotopic (exact) mass is 384 g/mol. The summed E-state index contributed by atoms with van der Waals surface area (Å²) < 4.78 is 0. The van der Waals surface area contributed by atoms with Crippen molar-refractivity contribution in [3.05, 3.63) is 56.7 Å². The molecule has 2 rings (SSSR count). The van der Waals surface area contributed by atoms with Crippen molar-refractivity contribution < 1.29 is 0 Å². The average Bonchev–Trinajstić information content (AvgIpc) is 2.52. The number of nitrogens with one attached hydrogen (secondary N) is 2. The number of anilines is 1. The van der Waals surface area contributed by atoms with Gasteiger partial charge in [-0.2, -0.15) is 5.26 Å². The van der Waals surface area contributed by atoms with E-state index in [1.165, 1.54) is 0 Å². The first-order valence-corrected chi connectivity index (χ1v) is 8.09. The van der Waals surface area contributed by atoms with Gasteiger partial charge in [0, 0.05) is 17.8 Å². The molecule has 0 aliphatic carbocycles. The molecule has 0 amide bonds. The second-order valence-electron chi connectivity index (χ2n) is 4.50. The summed E-state index contributed by atoms with van der Waals surface area (Å²) in [5.41, 5.74) is 1.25. The minimum Gasteiger partial charge on any atom is -0.362 e. The van der Waals surface area contributed by atoms with E-state index in [1.807, 2.05) is 6.07 Å². The van der Waals surface area contributed by atoms with Crippen LogP contribution in [-0.4, -0.2) is 16.6 Å². The number of halogens is 3. The molecule has 118 valence electrons. The highest BCUT2D eigenvalue weighted by Gasteiger charge is 2.08. The third-order valence-electron chi connectivity index (χ3n) is 2.91. The van der Waals surface area contributed by atoms with E-state index in [4.69, 9.17) is 52.3 Å². The molecule has 2 aromatic rings. The van der Waals surface area contributed by atoms with Gasteiger partial charge in [-0.3, -0.25) is 0 Å². The quantitative estimate of drug-likeness (QED) is 0.602. The Hall–Kier alpha value is -1.58. The van der Waals surface area contributed by atoms with E-state index in [1.54, 1.807) is 30.5 Å². The summed E-state index contributed by atoms with van der Waals surface area (Å²) in [4.78, 5) is 4.08. The van der Waals surface area contributed by atoms with Crippen LogP contribution >= 0.6 is 47.0 Å². The summed E-state index contributed by atoms with van der Waals surface area (Å²) in [6.07, 6.45) is 2.17. The Morgan fingerprint density at radius 1 is 1.30 bits per heavy atom. The van der Waals surface area contributed by atoms with Crippen molar-refractivity contribution in [1.82, 2.24) is 10.3 Å². The van der Waals surface area contributed by atoms with Crippen LogP contribution in [0.15, 0.2) is 30.5 Å². The van der Waals surface area contributed by atoms with Crippen LogP contribution in [0.25, 0.3) is 0 Å². The molecule has 1 aromatic heterocycles. The highest BCUT2D eigenvalue weighted by Crippen LogP contribution is 2.29. The summed E-state index contributed by atoms with van der Waals surface area (Å²) in [5.74, 6) is 0.413. The minimum absolute atomic E-state index is 0.365. The lowest BCUT2D eigenvalue weighted by Crippen LogP contribution is -2.30. The molecule has 0 aliphatic heterocycles. The van der Waals surface area contributed by atoms with Crippen molar-refractivity contribution in [2.45, 2.75) is 6.42 Å². The molecule has 0 atom stereocenters. The fourth-order valence-corrected chi connectivity index (χ4v) is 2.79. The van der Waals surface area contributed by atoms with E-state index in [2.05, 4.69) is 15.6 Å². The zero-order chi connectivity index (χ0) is 16.8. The molecule has 0 aliphatic rings. The summed E-state index contributed by atoms with van der Waals surface area (Å²) >= 11 is 23.3. The number of benzene rings is 1. The van der Waals surface area contributed by atoms with Crippen LogP contribution in [0.2, 0.25) is 15.1 Å². The van der Waals surface area contributed by atoms with Crippen molar-refractivity contribution in [1.29, 1.82) is 5.26 Å². The standard InChI is InChI=1S/C15H11Cl3N4S/c16-11-6-9(13(18)12(17)7-11)3-5-21-15(23)22-14-10(8-19)2-1-4-20-14/h1-2,4,6-7H,3,5H2,(H2,20,21,22,23). The van der Waals surface area contributed by atoms with Gasteiger partial charge in [-0.1, -0.05) is 34.8 Å². The molecule has 0 bridgehead atoms. The van der Waals surface area contributed by atoms with Crippen molar-refractivity contribution in [2.75, 3.05) is 11.9 Å². The molecular weight excluding hydrogens is 375 g/mol. The van der Waals surface area contributed by atoms with Gasteiger partial charge >= 0.3 is 0 Å². The van der Waals surface area contributed by atoms with Gasteiger partial charge in [0.1, 0.15) is 11.9 Å². The van der Waals surface area contributed by atoms with Crippen LogP contribution < -0.4 is 10.6 Å². The minimum atomic E-state index is 0.365. The number of hydrogen-bond acceptors (Lipinski definition) is 3. The molecule has 23 heavy (non-hydrogen) atoms. The summed E-state index contributed by atoms with van der Waals surface area (Å²) in [6.45, 7) is 0.525. The van der Waals surface area contributed by atoms with Crippen LogP contribution in [0, 0.1) is 11.3 Å². The van der Waals surface area contributed by atoms with E-state index in [9.17, 15) is 0 Å². The molecule has 8 heteroatoms. The van der Waals surface area contributed by atoms with Gasteiger partial charge in [-0.15, -0.1) is 0 Å². The van der Waals surface area contributed by atoms with Gasteiger partial charge in [0.15, 0.2) is 5.11 Å². The predicted molar refractivity (Wildman–Crippen MR) is 98.4 cm³/mol. The smallest absolute Gasteiger partial charge is 0.171 e. The SMILES string of the molecule is N#Cc1cccnc1NC(=S)NCCc1cc(Cl)cc(Cl)c1Cl. The molecule has 1 heterocycles. The third-order valence-corrected chi connectivity index (χ3v) is 4.21. The first-order chi connectivity index (χ1) is 11.0. The Balaban J connectivity index is 1.92. The highest BCUT2D eigenvalue weighted by atomic mass is 35.5. The molecule has 0 spiro atoms. The van der Waals surface area contributed by atoms with E-state index in [0.29, 0.717) is 44.5 Å². The van der Waals surface area contributed by atoms with Crippen LogP contribution in [0.1, 0.15) is 11.1 Å². The van der Waals surface area contributed by atoms with Gasteiger partial charge in [0.25, 0.3) is 0 Å². The van der Waals surface area contributed by atoms with Gasteiger partial charge in [0.2, 0.25) is 0 Å². The molecule has 0 unspecified atom stereocenters. The third kappa shape index (κ3) is 4.95. The Morgan fingerprint density at radius 3 is 2.83 bits per heavy atom. The molecule has 0 radical (unpaired) electrons. The van der Waals surface area contributed by atoms with Crippen molar-refractivity contribution >= 4 is 58.0 Å². The van der Waals surface area contributed by atoms with Crippen molar-refractivity contribution in [3.8, 4) is 6.07 Å².